The van der Waals surface area contributed by atoms with Crippen LogP contribution in [0.5, 0.6) is 0 Å². The second-order valence-electron chi connectivity index (χ2n) is 12.9. The highest BCUT2D eigenvalue weighted by molar-refractivity contribution is 5.03. The Morgan fingerprint density at radius 2 is 0.712 bits per heavy atom. The third kappa shape index (κ3) is 7.57. The van der Waals surface area contributed by atoms with Crippen molar-refractivity contribution < 1.29 is 75.5 Å². The van der Waals surface area contributed by atoms with Crippen LogP contribution in [0.15, 0.2) is 18.6 Å². The van der Waals surface area contributed by atoms with Crippen molar-refractivity contribution >= 4 is 0 Å². The Hall–Kier alpha value is -3.22. The SMILES string of the molecule is OC[C@H]1O[C@@H](n2cc(CN(Cc3cn(C4O[C@H](CO)[C@@H](O)[C@H](O)[C@H]4O)nn3)Cc3cn([C@@H]4O[C@H](CO)[C@@H](O)[C@H](O)[C@H]4O)nn3)nn2)[C@H](O)[C@@H](O)[C@@H]1O. The van der Waals surface area contributed by atoms with Gasteiger partial charge in [-0.3, -0.25) is 4.90 Å². The first-order chi connectivity index (χ1) is 24.8. The second kappa shape index (κ2) is 16.0. The van der Waals surface area contributed by atoms with E-state index in [2.05, 4.69) is 30.9 Å². The lowest BCUT2D eigenvalue weighted by atomic mass is 9.98. The molecular weight excluding hydrogens is 704 g/mol. The van der Waals surface area contributed by atoms with Crippen LogP contribution in [0, 0.1) is 0 Å². The third-order valence-electron chi connectivity index (χ3n) is 9.21. The van der Waals surface area contributed by atoms with Gasteiger partial charge in [-0.1, -0.05) is 15.6 Å². The summed E-state index contributed by atoms with van der Waals surface area (Å²) in [6.45, 7) is -1.95. The van der Waals surface area contributed by atoms with Crippen LogP contribution in [-0.2, 0) is 33.8 Å². The summed E-state index contributed by atoms with van der Waals surface area (Å²) < 4.78 is 20.0. The Morgan fingerprint density at radius 1 is 0.442 bits per heavy atom. The smallest absolute Gasteiger partial charge is 0.180 e. The van der Waals surface area contributed by atoms with Gasteiger partial charge in [0, 0.05) is 19.6 Å². The molecule has 0 saturated carbocycles. The van der Waals surface area contributed by atoms with E-state index in [1.165, 1.54) is 18.6 Å². The number of nitrogens with zero attached hydrogens (tertiary/aromatic N) is 10. The number of rotatable bonds is 12. The molecule has 25 nitrogen and oxygen atoms in total. The van der Waals surface area contributed by atoms with Crippen molar-refractivity contribution in [1.29, 1.82) is 0 Å². The molecular formula is C27H42N10O15. The average molecular weight is 747 g/mol. The molecule has 0 amide bonds. The van der Waals surface area contributed by atoms with Crippen molar-refractivity contribution in [2.75, 3.05) is 19.8 Å². The summed E-state index contributed by atoms with van der Waals surface area (Å²) >= 11 is 0. The first-order valence-electron chi connectivity index (χ1n) is 16.2. The van der Waals surface area contributed by atoms with E-state index < -0.39 is 112 Å². The van der Waals surface area contributed by atoms with Crippen molar-refractivity contribution in [2.45, 2.75) is 112 Å². The topological polar surface area (TPSA) is 366 Å². The molecule has 3 aromatic heterocycles. The van der Waals surface area contributed by atoms with Crippen LogP contribution in [0.4, 0.5) is 0 Å². The van der Waals surface area contributed by atoms with Gasteiger partial charge in [0.05, 0.1) is 55.5 Å². The number of aromatic nitrogens is 9. The molecule has 6 heterocycles. The minimum absolute atomic E-state index is 0.00274. The van der Waals surface area contributed by atoms with Gasteiger partial charge >= 0.3 is 0 Å². The second-order valence-corrected chi connectivity index (χ2v) is 12.9. The molecule has 0 radical (unpaired) electrons. The van der Waals surface area contributed by atoms with Gasteiger partial charge in [-0.2, -0.15) is 0 Å². The lowest BCUT2D eigenvalue weighted by Crippen LogP contribution is -2.56. The largest absolute Gasteiger partial charge is 0.394 e. The first kappa shape index (κ1) is 38.5. The summed E-state index contributed by atoms with van der Waals surface area (Å²) in [6.07, 6.45) is -17.9. The quantitative estimate of drug-likeness (QED) is 0.0818. The Morgan fingerprint density at radius 3 is 0.962 bits per heavy atom. The molecule has 0 aromatic carbocycles. The maximum atomic E-state index is 10.5. The van der Waals surface area contributed by atoms with Crippen molar-refractivity contribution in [3.63, 3.8) is 0 Å². The number of ether oxygens (including phenoxy) is 3. The van der Waals surface area contributed by atoms with Crippen molar-refractivity contribution in [2.24, 2.45) is 0 Å². The fourth-order valence-corrected chi connectivity index (χ4v) is 6.29. The summed E-state index contributed by atoms with van der Waals surface area (Å²) in [5, 5.41) is 146. The lowest BCUT2D eigenvalue weighted by molar-refractivity contribution is -0.254. The molecule has 6 rings (SSSR count). The molecule has 290 valence electrons. The summed E-state index contributed by atoms with van der Waals surface area (Å²) in [7, 11) is 0. The van der Waals surface area contributed by atoms with Crippen molar-refractivity contribution in [1.82, 2.24) is 49.9 Å². The average Bonchev–Trinajstić information content (AvgIpc) is 3.91. The van der Waals surface area contributed by atoms with Crippen molar-refractivity contribution in [3.8, 4) is 0 Å². The predicted molar refractivity (Wildman–Crippen MR) is 160 cm³/mol. The Kier molecular flexibility index (Phi) is 11.9. The van der Waals surface area contributed by atoms with E-state index in [0.717, 1.165) is 14.0 Å². The zero-order valence-corrected chi connectivity index (χ0v) is 27.2. The molecule has 0 bridgehead atoms. The number of aliphatic hydroxyl groups excluding tert-OH is 12. The van der Waals surface area contributed by atoms with Gasteiger partial charge in [0.15, 0.2) is 18.7 Å². The summed E-state index contributed by atoms with van der Waals surface area (Å²) in [4.78, 5) is 1.71. The van der Waals surface area contributed by atoms with Gasteiger partial charge in [-0.15, -0.1) is 15.3 Å². The molecule has 15 atom stereocenters. The van der Waals surface area contributed by atoms with Gasteiger partial charge in [0.1, 0.15) is 73.2 Å². The van der Waals surface area contributed by atoms with Crippen LogP contribution >= 0.6 is 0 Å². The molecule has 0 aliphatic carbocycles. The van der Waals surface area contributed by atoms with E-state index in [-0.39, 0.29) is 19.6 Å². The zero-order valence-electron chi connectivity index (χ0n) is 27.2. The lowest BCUT2D eigenvalue weighted by Gasteiger charge is -2.39. The maximum Gasteiger partial charge on any atom is 0.180 e. The van der Waals surface area contributed by atoms with Gasteiger partial charge in [0.2, 0.25) is 0 Å². The fourth-order valence-electron chi connectivity index (χ4n) is 6.29. The Balaban J connectivity index is 1.23. The van der Waals surface area contributed by atoms with E-state index in [1.807, 2.05) is 0 Å². The number of aliphatic hydroxyl groups is 12. The van der Waals surface area contributed by atoms with Gasteiger partial charge in [0.25, 0.3) is 0 Å². The summed E-state index contributed by atoms with van der Waals surface area (Å²) in [5.41, 5.74) is 0.874. The van der Waals surface area contributed by atoms with Crippen LogP contribution in [-0.4, -0.2) is 204 Å². The van der Waals surface area contributed by atoms with Crippen LogP contribution < -0.4 is 0 Å². The van der Waals surface area contributed by atoms with E-state index in [1.54, 1.807) is 4.90 Å². The van der Waals surface area contributed by atoms with Crippen LogP contribution in [0.3, 0.4) is 0 Å². The minimum Gasteiger partial charge on any atom is -0.394 e. The minimum atomic E-state index is -1.65. The van der Waals surface area contributed by atoms with Gasteiger partial charge < -0.3 is 75.5 Å². The highest BCUT2D eigenvalue weighted by Crippen LogP contribution is 2.31. The molecule has 3 saturated heterocycles. The summed E-state index contributed by atoms with van der Waals surface area (Å²) in [6, 6.07) is 0. The van der Waals surface area contributed by atoms with Crippen molar-refractivity contribution in [3.05, 3.63) is 35.7 Å². The van der Waals surface area contributed by atoms with E-state index in [4.69, 9.17) is 14.2 Å². The van der Waals surface area contributed by atoms with E-state index in [0.29, 0.717) is 17.1 Å². The third-order valence-corrected chi connectivity index (χ3v) is 9.21. The van der Waals surface area contributed by atoms with Gasteiger partial charge in [-0.05, 0) is 0 Å². The summed E-state index contributed by atoms with van der Waals surface area (Å²) in [5.74, 6) is 0. The highest BCUT2D eigenvalue weighted by atomic mass is 16.6. The van der Waals surface area contributed by atoms with Crippen LogP contribution in [0.25, 0.3) is 0 Å². The number of hydrogen-bond acceptors (Lipinski definition) is 22. The Labute approximate surface area is 292 Å². The molecule has 3 aliphatic heterocycles. The first-order valence-corrected chi connectivity index (χ1v) is 16.2. The van der Waals surface area contributed by atoms with E-state index in [9.17, 15) is 61.3 Å². The molecule has 0 spiro atoms. The molecule has 52 heavy (non-hydrogen) atoms. The Bertz CT molecular complexity index is 1410. The van der Waals surface area contributed by atoms with E-state index >= 15 is 0 Å². The zero-order chi connectivity index (χ0) is 37.4. The molecule has 25 heteroatoms. The van der Waals surface area contributed by atoms with Crippen LogP contribution in [0.2, 0.25) is 0 Å². The highest BCUT2D eigenvalue weighted by Gasteiger charge is 2.47. The fraction of sp³-hybridized carbons (Fsp3) is 0.778. The molecule has 12 N–H and O–H groups in total. The van der Waals surface area contributed by atoms with Crippen LogP contribution in [0.1, 0.15) is 35.8 Å². The number of hydrogen-bond donors (Lipinski definition) is 12. The molecule has 3 aliphatic rings. The molecule has 3 aromatic rings. The monoisotopic (exact) mass is 746 g/mol. The maximum absolute atomic E-state index is 10.5. The standard InChI is InChI=1S/C27H42N10O15/c38-7-13-16(41)19(44)22(47)25(50-13)35-4-10(28-31-35)1-34(2-11-5-36(32-29-11)26-23(48)20(45)17(42)14(8-39)51-26)3-12-6-37(33-30-12)27-24(49)21(46)18(43)15(9-40)52-27/h4-6,13-27,38-49H,1-3,7-9H2/t13-,14-,15-,16-,17-,18-,19+,20+,21+,22-,23-,24-,25-,26-,27?/m1/s1. The molecule has 3 fully saturated rings. The normalized spacial score (nSPS) is 38.6. The predicted octanol–water partition coefficient (Wildman–Crippen LogP) is -8.42. The molecule has 1 unspecified atom stereocenters. The van der Waals surface area contributed by atoms with Gasteiger partial charge in [-0.25, -0.2) is 14.0 Å².